The number of likely N-dealkylation sites (tertiary alicyclic amines) is 1. The molecule has 0 bridgehead atoms. The van der Waals surface area contributed by atoms with E-state index in [0.29, 0.717) is 35.7 Å². The molecule has 1 amide bonds. The Morgan fingerprint density at radius 3 is 2.59 bits per heavy atom. The molecule has 0 spiro atoms. The van der Waals surface area contributed by atoms with Gasteiger partial charge in [0.25, 0.3) is 11.5 Å². The van der Waals surface area contributed by atoms with E-state index in [9.17, 15) is 9.59 Å². The number of aromatic nitrogens is 3. The van der Waals surface area contributed by atoms with Gasteiger partial charge in [-0.15, -0.1) is 0 Å². The van der Waals surface area contributed by atoms with Gasteiger partial charge >= 0.3 is 0 Å². The number of fused-ring (bicyclic) bond motifs is 1. The highest BCUT2D eigenvalue weighted by Gasteiger charge is 2.27. The fourth-order valence-corrected chi connectivity index (χ4v) is 3.85. The molecule has 0 N–H and O–H groups in total. The molecule has 1 saturated heterocycles. The van der Waals surface area contributed by atoms with E-state index in [-0.39, 0.29) is 11.5 Å². The third-order valence-corrected chi connectivity index (χ3v) is 5.36. The highest BCUT2D eigenvalue weighted by molar-refractivity contribution is 6.00. The Morgan fingerprint density at radius 2 is 1.86 bits per heavy atom. The number of hydrogen-bond donors (Lipinski definition) is 0. The van der Waals surface area contributed by atoms with Gasteiger partial charge in [-0.05, 0) is 37.8 Å². The van der Waals surface area contributed by atoms with Crippen LogP contribution in [0.3, 0.4) is 0 Å². The van der Waals surface area contributed by atoms with Crippen molar-refractivity contribution in [3.05, 3.63) is 58.6 Å². The predicted molar refractivity (Wildman–Crippen MR) is 111 cm³/mol. The molecule has 29 heavy (non-hydrogen) atoms. The van der Waals surface area contributed by atoms with Crippen molar-refractivity contribution in [2.75, 3.05) is 26.8 Å². The normalized spacial score (nSPS) is 14.4. The van der Waals surface area contributed by atoms with E-state index in [2.05, 4.69) is 5.10 Å². The van der Waals surface area contributed by atoms with Crippen molar-refractivity contribution >= 4 is 5.91 Å². The smallest absolute Gasteiger partial charge is 0.282 e. The fraction of sp³-hybridized carbons (Fsp3) is 0.409. The van der Waals surface area contributed by atoms with Gasteiger partial charge in [-0.1, -0.05) is 18.2 Å². The fourth-order valence-electron chi connectivity index (χ4n) is 3.85. The molecule has 0 unspecified atom stereocenters. The second-order valence-electron chi connectivity index (χ2n) is 7.42. The van der Waals surface area contributed by atoms with Crippen LogP contribution in [0, 0.1) is 0 Å². The molecular formula is C22H26N4O3. The van der Waals surface area contributed by atoms with Crippen LogP contribution in [0.15, 0.2) is 47.5 Å². The van der Waals surface area contributed by atoms with E-state index in [4.69, 9.17) is 4.74 Å². The van der Waals surface area contributed by atoms with Gasteiger partial charge in [-0.2, -0.15) is 9.78 Å². The molecule has 4 rings (SSSR count). The number of piperidine rings is 1. The lowest BCUT2D eigenvalue weighted by molar-refractivity contribution is 0.0723. The molecule has 7 nitrogen and oxygen atoms in total. The third-order valence-electron chi connectivity index (χ3n) is 5.36. The summed E-state index contributed by atoms with van der Waals surface area (Å²) in [6.07, 6.45) is 7.61. The number of rotatable bonds is 6. The van der Waals surface area contributed by atoms with Crippen molar-refractivity contribution in [3.63, 3.8) is 0 Å². The van der Waals surface area contributed by atoms with Gasteiger partial charge < -0.3 is 14.2 Å². The van der Waals surface area contributed by atoms with Crippen LogP contribution >= 0.6 is 0 Å². The zero-order valence-electron chi connectivity index (χ0n) is 16.7. The van der Waals surface area contributed by atoms with E-state index in [1.54, 1.807) is 13.3 Å². The number of pyridine rings is 1. The van der Waals surface area contributed by atoms with E-state index in [1.807, 2.05) is 46.0 Å². The zero-order valence-corrected chi connectivity index (χ0v) is 16.7. The number of benzene rings is 1. The lowest BCUT2D eigenvalue weighted by Crippen LogP contribution is -2.36. The van der Waals surface area contributed by atoms with Gasteiger partial charge in [0.2, 0.25) is 0 Å². The molecule has 1 aromatic carbocycles. The summed E-state index contributed by atoms with van der Waals surface area (Å²) in [5.41, 5.74) is 1.91. The number of amides is 1. The van der Waals surface area contributed by atoms with Crippen LogP contribution in [-0.2, 0) is 11.3 Å². The van der Waals surface area contributed by atoms with Gasteiger partial charge in [-0.3, -0.25) is 9.59 Å². The van der Waals surface area contributed by atoms with Gasteiger partial charge in [-0.25, -0.2) is 0 Å². The monoisotopic (exact) mass is 394 g/mol. The largest absolute Gasteiger partial charge is 0.385 e. The first-order valence-electron chi connectivity index (χ1n) is 10.2. The molecule has 0 aromatic heterocycles. The molecular weight excluding hydrogens is 368 g/mol. The van der Waals surface area contributed by atoms with Crippen molar-refractivity contribution in [1.29, 1.82) is 0 Å². The number of hydrogen-bond acceptors (Lipinski definition) is 4. The highest BCUT2D eigenvalue weighted by Crippen LogP contribution is 2.25. The zero-order chi connectivity index (χ0) is 20.2. The topological polar surface area (TPSA) is 69.4 Å². The van der Waals surface area contributed by atoms with Crippen LogP contribution in [0.2, 0.25) is 0 Å². The van der Waals surface area contributed by atoms with Crippen molar-refractivity contribution in [3.8, 4) is 16.9 Å². The summed E-state index contributed by atoms with van der Waals surface area (Å²) < 4.78 is 8.44. The Bertz CT molecular complexity index is 1000. The van der Waals surface area contributed by atoms with E-state index in [0.717, 1.165) is 38.8 Å². The SMILES string of the molecule is COCCCn1cc(C(=O)N2CCCCC2)c2nn(-c3ccccc3)c(=O)c-2c1. The van der Waals surface area contributed by atoms with Crippen LogP contribution in [0.25, 0.3) is 16.9 Å². The van der Waals surface area contributed by atoms with Gasteiger partial charge in [0.05, 0.1) is 16.8 Å². The first kappa shape index (κ1) is 19.4. The number of nitrogens with zero attached hydrogens (tertiary/aromatic N) is 4. The number of methoxy groups -OCH3 is 1. The second kappa shape index (κ2) is 8.61. The van der Waals surface area contributed by atoms with Crippen molar-refractivity contribution < 1.29 is 9.53 Å². The Morgan fingerprint density at radius 1 is 1.10 bits per heavy atom. The molecule has 152 valence electrons. The minimum Gasteiger partial charge on any atom is -0.385 e. The summed E-state index contributed by atoms with van der Waals surface area (Å²) in [5.74, 6) is -0.0477. The third kappa shape index (κ3) is 3.96. The molecule has 3 aliphatic heterocycles. The molecule has 1 fully saturated rings. The Kier molecular flexibility index (Phi) is 5.76. The molecule has 3 heterocycles. The lowest BCUT2D eigenvalue weighted by atomic mass is 10.1. The Hall–Kier alpha value is -2.93. The van der Waals surface area contributed by atoms with Crippen LogP contribution < -0.4 is 5.56 Å². The number of carbonyl (C=O) groups excluding carboxylic acids is 1. The van der Waals surface area contributed by atoms with Gasteiger partial charge in [0, 0.05) is 45.7 Å². The molecule has 1 aromatic rings. The van der Waals surface area contributed by atoms with Crippen LogP contribution in [0.4, 0.5) is 0 Å². The summed E-state index contributed by atoms with van der Waals surface area (Å²) in [4.78, 5) is 28.3. The van der Waals surface area contributed by atoms with E-state index >= 15 is 0 Å². The molecule has 0 saturated carbocycles. The Labute approximate surface area is 169 Å². The predicted octanol–water partition coefficient (Wildman–Crippen LogP) is 2.80. The molecule has 0 aliphatic carbocycles. The summed E-state index contributed by atoms with van der Waals surface area (Å²) in [5, 5.41) is 4.55. The van der Waals surface area contributed by atoms with E-state index < -0.39 is 0 Å². The summed E-state index contributed by atoms with van der Waals surface area (Å²) in [7, 11) is 1.67. The first-order valence-corrected chi connectivity index (χ1v) is 10.2. The first-order chi connectivity index (χ1) is 14.2. The van der Waals surface area contributed by atoms with Crippen molar-refractivity contribution in [1.82, 2.24) is 19.2 Å². The van der Waals surface area contributed by atoms with Crippen LogP contribution in [0.1, 0.15) is 36.0 Å². The maximum atomic E-state index is 13.3. The molecule has 7 heteroatoms. The number of para-hydroxylation sites is 1. The summed E-state index contributed by atoms with van der Waals surface area (Å²) >= 11 is 0. The second-order valence-corrected chi connectivity index (χ2v) is 7.42. The molecule has 0 atom stereocenters. The average molecular weight is 394 g/mol. The highest BCUT2D eigenvalue weighted by atomic mass is 16.5. The maximum absolute atomic E-state index is 13.3. The lowest BCUT2D eigenvalue weighted by Gasteiger charge is -2.27. The standard InChI is InChI=1S/C22H26N4O3/c1-29-14-8-11-24-15-18(21(27)25-12-6-3-7-13-25)20-19(16-24)22(28)26(23-20)17-9-4-2-5-10-17/h2,4-5,9-10,15-16H,3,6-8,11-14H2,1H3. The van der Waals surface area contributed by atoms with E-state index in [1.165, 1.54) is 4.68 Å². The average Bonchev–Trinajstić information content (AvgIpc) is 3.11. The summed E-state index contributed by atoms with van der Waals surface area (Å²) in [6.45, 7) is 2.79. The minimum absolute atomic E-state index is 0.0477. The van der Waals surface area contributed by atoms with Crippen molar-refractivity contribution in [2.24, 2.45) is 0 Å². The van der Waals surface area contributed by atoms with Crippen molar-refractivity contribution in [2.45, 2.75) is 32.2 Å². The number of aryl methyl sites for hydroxylation is 1. The van der Waals surface area contributed by atoms with Crippen LogP contribution in [0.5, 0.6) is 0 Å². The molecule has 3 aliphatic rings. The van der Waals surface area contributed by atoms with Gasteiger partial charge in [0.15, 0.2) is 0 Å². The summed E-state index contributed by atoms with van der Waals surface area (Å²) in [6, 6.07) is 9.31. The van der Waals surface area contributed by atoms with Crippen LogP contribution in [-0.4, -0.2) is 52.0 Å². The Balaban J connectivity index is 1.80. The molecule has 0 radical (unpaired) electrons. The number of carbonyl (C=O) groups is 1. The minimum atomic E-state index is -0.208. The quantitative estimate of drug-likeness (QED) is 0.603. The van der Waals surface area contributed by atoms with Gasteiger partial charge in [0.1, 0.15) is 5.69 Å². The number of ether oxygens (including phenoxy) is 1. The maximum Gasteiger partial charge on any atom is 0.282 e.